The van der Waals surface area contributed by atoms with E-state index < -0.39 is 5.97 Å². The molecule has 4 heteroatoms. The lowest BCUT2D eigenvalue weighted by Crippen LogP contribution is -2.28. The van der Waals surface area contributed by atoms with Crippen LogP contribution >= 0.6 is 0 Å². The number of carboxylic acid groups (broad SMARTS) is 1. The van der Waals surface area contributed by atoms with Crippen LogP contribution in [-0.2, 0) is 9.59 Å². The van der Waals surface area contributed by atoms with E-state index >= 15 is 0 Å². The van der Waals surface area contributed by atoms with Gasteiger partial charge < -0.3 is 10.4 Å². The molecule has 0 aromatic carbocycles. The molecule has 0 aliphatic heterocycles. The molecule has 0 radical (unpaired) electrons. The standard InChI is InChI=1S/C15H23NO3/c1-2-3-4-5-6-7-8-9-10-11-12-14(17)16-13-15(18)19/h3-4,6-7,9-10H,2,5,8,11-13H2,1H3,(H,16,17)(H,18,19)/b4-3-,7-6-,10-9-. The number of amides is 1. The van der Waals surface area contributed by atoms with Gasteiger partial charge in [0.05, 0.1) is 0 Å². The minimum atomic E-state index is -1.02. The van der Waals surface area contributed by atoms with Crippen molar-refractivity contribution in [3.63, 3.8) is 0 Å². The van der Waals surface area contributed by atoms with E-state index in [4.69, 9.17) is 5.11 Å². The van der Waals surface area contributed by atoms with Crippen LogP contribution in [0.15, 0.2) is 36.5 Å². The van der Waals surface area contributed by atoms with Crippen LogP contribution in [0, 0.1) is 0 Å². The molecule has 0 saturated carbocycles. The van der Waals surface area contributed by atoms with Crippen LogP contribution < -0.4 is 5.32 Å². The molecule has 19 heavy (non-hydrogen) atoms. The Labute approximate surface area is 114 Å². The number of rotatable bonds is 10. The van der Waals surface area contributed by atoms with Gasteiger partial charge in [-0.15, -0.1) is 0 Å². The second-order valence-electron chi connectivity index (χ2n) is 4.00. The summed E-state index contributed by atoms with van der Waals surface area (Å²) in [5, 5.41) is 10.7. The van der Waals surface area contributed by atoms with E-state index in [1.54, 1.807) is 0 Å². The zero-order chi connectivity index (χ0) is 14.3. The Hall–Kier alpha value is -1.84. The van der Waals surface area contributed by atoms with Crippen LogP contribution in [0.5, 0.6) is 0 Å². The SMILES string of the molecule is CC/C=C\C/C=C\C/C=C\CCC(=O)NCC(=O)O. The molecule has 0 heterocycles. The van der Waals surface area contributed by atoms with Crippen molar-refractivity contribution in [1.29, 1.82) is 0 Å². The number of carbonyl (C=O) groups excluding carboxylic acids is 1. The molecule has 0 atom stereocenters. The number of hydrogen-bond acceptors (Lipinski definition) is 2. The lowest BCUT2D eigenvalue weighted by atomic mass is 10.2. The summed E-state index contributed by atoms with van der Waals surface area (Å²) >= 11 is 0. The fraction of sp³-hybridized carbons (Fsp3) is 0.467. The molecule has 0 fully saturated rings. The number of carbonyl (C=O) groups is 2. The van der Waals surface area contributed by atoms with E-state index in [-0.39, 0.29) is 12.5 Å². The van der Waals surface area contributed by atoms with Crippen LogP contribution in [0.4, 0.5) is 0 Å². The summed E-state index contributed by atoms with van der Waals surface area (Å²) < 4.78 is 0. The molecule has 0 aromatic heterocycles. The number of carboxylic acids is 1. The van der Waals surface area contributed by atoms with Crippen LogP contribution in [0.3, 0.4) is 0 Å². The summed E-state index contributed by atoms with van der Waals surface area (Å²) in [6.45, 7) is 1.80. The molecule has 0 unspecified atom stereocenters. The van der Waals surface area contributed by atoms with E-state index in [9.17, 15) is 9.59 Å². The Balaban J connectivity index is 3.50. The van der Waals surface area contributed by atoms with Crippen molar-refractivity contribution in [3.8, 4) is 0 Å². The summed E-state index contributed by atoms with van der Waals surface area (Å²) in [6, 6.07) is 0. The summed E-state index contributed by atoms with van der Waals surface area (Å²) in [4.78, 5) is 21.4. The van der Waals surface area contributed by atoms with Gasteiger partial charge in [0.2, 0.25) is 5.91 Å². The van der Waals surface area contributed by atoms with Crippen molar-refractivity contribution < 1.29 is 14.7 Å². The Morgan fingerprint density at radius 1 is 1.00 bits per heavy atom. The number of hydrogen-bond donors (Lipinski definition) is 2. The average molecular weight is 265 g/mol. The van der Waals surface area contributed by atoms with E-state index in [0.29, 0.717) is 12.8 Å². The zero-order valence-electron chi connectivity index (χ0n) is 11.5. The fourth-order valence-electron chi connectivity index (χ4n) is 1.30. The first-order valence-electron chi connectivity index (χ1n) is 6.60. The monoisotopic (exact) mass is 265 g/mol. The van der Waals surface area contributed by atoms with Gasteiger partial charge >= 0.3 is 5.97 Å². The van der Waals surface area contributed by atoms with Crippen molar-refractivity contribution in [2.24, 2.45) is 0 Å². The van der Waals surface area contributed by atoms with Crippen molar-refractivity contribution in [1.82, 2.24) is 5.32 Å². The first-order chi connectivity index (χ1) is 9.16. The fourth-order valence-corrected chi connectivity index (χ4v) is 1.30. The lowest BCUT2D eigenvalue weighted by Gasteiger charge is -1.99. The Kier molecular flexibility index (Phi) is 11.4. The van der Waals surface area contributed by atoms with Crippen molar-refractivity contribution in [3.05, 3.63) is 36.5 Å². The predicted molar refractivity (Wildman–Crippen MR) is 76.8 cm³/mol. The van der Waals surface area contributed by atoms with Gasteiger partial charge in [-0.25, -0.2) is 0 Å². The third-order valence-corrected chi connectivity index (χ3v) is 2.25. The summed E-state index contributed by atoms with van der Waals surface area (Å²) in [5.74, 6) is -1.25. The van der Waals surface area contributed by atoms with Crippen LogP contribution in [0.25, 0.3) is 0 Å². The maximum Gasteiger partial charge on any atom is 0.322 e. The Morgan fingerprint density at radius 3 is 2.16 bits per heavy atom. The van der Waals surface area contributed by atoms with Crippen LogP contribution in [0.2, 0.25) is 0 Å². The second kappa shape index (κ2) is 12.6. The highest BCUT2D eigenvalue weighted by Crippen LogP contribution is 1.95. The number of aliphatic carboxylic acids is 1. The Bertz CT molecular complexity index is 343. The predicted octanol–water partition coefficient (Wildman–Crippen LogP) is 2.83. The molecule has 106 valence electrons. The van der Waals surface area contributed by atoms with E-state index in [2.05, 4.69) is 36.5 Å². The van der Waals surface area contributed by atoms with Gasteiger partial charge in [-0.2, -0.15) is 0 Å². The molecule has 1 amide bonds. The van der Waals surface area contributed by atoms with Gasteiger partial charge in [0, 0.05) is 6.42 Å². The van der Waals surface area contributed by atoms with Gasteiger partial charge in [0.15, 0.2) is 0 Å². The summed E-state index contributed by atoms with van der Waals surface area (Å²) in [7, 11) is 0. The number of allylic oxidation sites excluding steroid dienone is 6. The number of nitrogens with one attached hydrogen (secondary N) is 1. The Morgan fingerprint density at radius 2 is 1.58 bits per heavy atom. The molecule has 0 saturated heterocycles. The molecular weight excluding hydrogens is 242 g/mol. The highest BCUT2D eigenvalue weighted by molar-refractivity contribution is 5.81. The van der Waals surface area contributed by atoms with Crippen molar-refractivity contribution in [2.75, 3.05) is 6.54 Å². The summed E-state index contributed by atoms with van der Waals surface area (Å²) in [6.07, 6.45) is 16.2. The average Bonchev–Trinajstić information content (AvgIpc) is 2.38. The van der Waals surface area contributed by atoms with Gasteiger partial charge in [0.25, 0.3) is 0 Å². The quantitative estimate of drug-likeness (QED) is 0.597. The van der Waals surface area contributed by atoms with Crippen molar-refractivity contribution >= 4 is 11.9 Å². The maximum atomic E-state index is 11.2. The first kappa shape index (κ1) is 17.2. The molecule has 0 bridgehead atoms. The molecular formula is C15H23NO3. The highest BCUT2D eigenvalue weighted by Gasteiger charge is 2.01. The van der Waals surface area contributed by atoms with E-state index in [0.717, 1.165) is 19.3 Å². The summed E-state index contributed by atoms with van der Waals surface area (Å²) in [5.41, 5.74) is 0. The van der Waals surface area contributed by atoms with E-state index in [1.807, 2.05) is 12.2 Å². The maximum absolute atomic E-state index is 11.2. The molecule has 0 rings (SSSR count). The smallest absolute Gasteiger partial charge is 0.322 e. The van der Waals surface area contributed by atoms with Crippen LogP contribution in [-0.4, -0.2) is 23.5 Å². The molecule has 2 N–H and O–H groups in total. The van der Waals surface area contributed by atoms with Crippen molar-refractivity contribution in [2.45, 2.75) is 39.0 Å². The molecule has 0 aliphatic carbocycles. The normalized spacial score (nSPS) is 11.6. The first-order valence-corrected chi connectivity index (χ1v) is 6.60. The lowest BCUT2D eigenvalue weighted by molar-refractivity contribution is -0.137. The molecule has 0 aliphatic rings. The molecule has 0 aromatic rings. The zero-order valence-corrected chi connectivity index (χ0v) is 11.5. The van der Waals surface area contributed by atoms with Gasteiger partial charge in [0.1, 0.15) is 6.54 Å². The third kappa shape index (κ3) is 14.1. The second-order valence-corrected chi connectivity index (χ2v) is 4.00. The van der Waals surface area contributed by atoms with Crippen LogP contribution in [0.1, 0.15) is 39.0 Å². The molecule has 0 spiro atoms. The minimum Gasteiger partial charge on any atom is -0.480 e. The molecule has 4 nitrogen and oxygen atoms in total. The van der Waals surface area contributed by atoms with Gasteiger partial charge in [-0.3, -0.25) is 9.59 Å². The topological polar surface area (TPSA) is 66.4 Å². The third-order valence-electron chi connectivity index (χ3n) is 2.25. The van der Waals surface area contributed by atoms with Gasteiger partial charge in [-0.05, 0) is 25.7 Å². The largest absolute Gasteiger partial charge is 0.480 e. The van der Waals surface area contributed by atoms with E-state index in [1.165, 1.54) is 0 Å². The van der Waals surface area contributed by atoms with Gasteiger partial charge in [-0.1, -0.05) is 43.4 Å². The minimum absolute atomic E-state index is 0.229. The highest BCUT2D eigenvalue weighted by atomic mass is 16.4.